The van der Waals surface area contributed by atoms with Gasteiger partial charge in [0.25, 0.3) is 0 Å². The number of amides is 1. The van der Waals surface area contributed by atoms with Crippen molar-refractivity contribution in [2.45, 2.75) is 39.5 Å². The molecule has 0 N–H and O–H groups in total. The maximum absolute atomic E-state index is 12.6. The minimum absolute atomic E-state index is 0.183. The second kappa shape index (κ2) is 5.72. The Balaban J connectivity index is 1.72. The number of rotatable bonds is 3. The van der Waals surface area contributed by atoms with Crippen LogP contribution in [0.25, 0.3) is 0 Å². The zero-order valence-electron chi connectivity index (χ0n) is 12.6. The number of para-hydroxylation sites is 1. The first-order valence-corrected chi connectivity index (χ1v) is 7.47. The molecule has 0 spiro atoms. The fourth-order valence-corrected chi connectivity index (χ4v) is 3.02. The van der Waals surface area contributed by atoms with Crippen LogP contribution in [0.15, 0.2) is 28.8 Å². The number of aryl methyl sites for hydroxylation is 3. The molecule has 0 fully saturated rings. The quantitative estimate of drug-likeness (QED) is 0.869. The van der Waals surface area contributed by atoms with Gasteiger partial charge < -0.3 is 9.42 Å². The molecule has 3 rings (SSSR count). The van der Waals surface area contributed by atoms with Gasteiger partial charge in [-0.1, -0.05) is 23.4 Å². The van der Waals surface area contributed by atoms with Crippen molar-refractivity contribution in [3.8, 4) is 0 Å². The molecular formula is C17H20N2O2. The molecule has 2 heterocycles. The fourth-order valence-electron chi connectivity index (χ4n) is 3.02. The highest BCUT2D eigenvalue weighted by Gasteiger charge is 2.22. The van der Waals surface area contributed by atoms with E-state index in [0.717, 1.165) is 42.1 Å². The van der Waals surface area contributed by atoms with Gasteiger partial charge in [-0.3, -0.25) is 4.79 Å². The van der Waals surface area contributed by atoms with Crippen molar-refractivity contribution in [2.24, 2.45) is 0 Å². The molecule has 1 amide bonds. The summed E-state index contributed by atoms with van der Waals surface area (Å²) in [6.07, 6.45) is 3.29. The average molecular weight is 284 g/mol. The number of anilines is 1. The molecule has 21 heavy (non-hydrogen) atoms. The Hall–Kier alpha value is -2.10. The number of hydrogen-bond acceptors (Lipinski definition) is 3. The van der Waals surface area contributed by atoms with Gasteiger partial charge >= 0.3 is 0 Å². The maximum atomic E-state index is 12.6. The summed E-state index contributed by atoms with van der Waals surface area (Å²) < 4.78 is 5.15. The van der Waals surface area contributed by atoms with Gasteiger partial charge in [0, 0.05) is 24.2 Å². The van der Waals surface area contributed by atoms with Crippen LogP contribution in [-0.2, 0) is 17.6 Å². The standard InChI is InChI=1S/C17H20N2O2/c1-12-15(13(2)21-18-12)9-10-17(20)19-11-5-7-14-6-3-4-8-16(14)19/h3-4,6,8H,5,7,9-11H2,1-2H3. The number of nitrogens with zero attached hydrogens (tertiary/aromatic N) is 2. The Bertz CT molecular complexity index is 641. The first-order chi connectivity index (χ1) is 10.2. The highest BCUT2D eigenvalue weighted by Crippen LogP contribution is 2.27. The molecule has 4 heteroatoms. The van der Waals surface area contributed by atoms with Crippen LogP contribution >= 0.6 is 0 Å². The lowest BCUT2D eigenvalue weighted by atomic mass is 10.0. The van der Waals surface area contributed by atoms with E-state index < -0.39 is 0 Å². The van der Waals surface area contributed by atoms with Crippen LogP contribution in [0, 0.1) is 13.8 Å². The maximum Gasteiger partial charge on any atom is 0.227 e. The summed E-state index contributed by atoms with van der Waals surface area (Å²) in [6.45, 7) is 4.64. The van der Waals surface area contributed by atoms with E-state index in [1.165, 1.54) is 5.56 Å². The Kier molecular flexibility index (Phi) is 3.78. The van der Waals surface area contributed by atoms with Gasteiger partial charge in [0.15, 0.2) is 0 Å². The smallest absolute Gasteiger partial charge is 0.227 e. The molecule has 0 aliphatic carbocycles. The predicted molar refractivity (Wildman–Crippen MR) is 81.4 cm³/mol. The molecule has 1 aromatic carbocycles. The van der Waals surface area contributed by atoms with Crippen LogP contribution in [0.3, 0.4) is 0 Å². The number of benzene rings is 1. The average Bonchev–Trinajstić information content (AvgIpc) is 2.83. The minimum Gasteiger partial charge on any atom is -0.361 e. The zero-order valence-corrected chi connectivity index (χ0v) is 12.6. The van der Waals surface area contributed by atoms with E-state index >= 15 is 0 Å². The predicted octanol–water partition coefficient (Wildman–Crippen LogP) is 3.20. The number of carbonyl (C=O) groups excluding carboxylic acids is 1. The summed E-state index contributed by atoms with van der Waals surface area (Å²) in [5.74, 6) is 1.00. The third-order valence-corrected chi connectivity index (χ3v) is 4.18. The molecule has 0 bridgehead atoms. The topological polar surface area (TPSA) is 46.3 Å². The number of carbonyl (C=O) groups is 1. The van der Waals surface area contributed by atoms with E-state index in [4.69, 9.17) is 4.52 Å². The summed E-state index contributed by atoms with van der Waals surface area (Å²) in [6, 6.07) is 8.20. The van der Waals surface area contributed by atoms with Gasteiger partial charge in [0.2, 0.25) is 5.91 Å². The van der Waals surface area contributed by atoms with Crippen molar-refractivity contribution in [3.63, 3.8) is 0 Å². The van der Waals surface area contributed by atoms with E-state index in [1.54, 1.807) is 0 Å². The van der Waals surface area contributed by atoms with E-state index in [-0.39, 0.29) is 5.91 Å². The molecule has 1 aromatic heterocycles. The zero-order chi connectivity index (χ0) is 14.8. The van der Waals surface area contributed by atoms with Crippen molar-refractivity contribution >= 4 is 11.6 Å². The first kappa shape index (κ1) is 13.9. The van der Waals surface area contributed by atoms with Gasteiger partial charge in [0.1, 0.15) is 5.76 Å². The molecule has 0 saturated carbocycles. The van der Waals surface area contributed by atoms with Crippen molar-refractivity contribution in [2.75, 3.05) is 11.4 Å². The van der Waals surface area contributed by atoms with Crippen LogP contribution in [0.1, 0.15) is 35.4 Å². The van der Waals surface area contributed by atoms with Gasteiger partial charge in [-0.15, -0.1) is 0 Å². The summed E-state index contributed by atoms with van der Waals surface area (Å²) in [5, 5.41) is 3.94. The van der Waals surface area contributed by atoms with Gasteiger partial charge in [-0.05, 0) is 44.7 Å². The van der Waals surface area contributed by atoms with E-state index in [0.29, 0.717) is 12.8 Å². The molecule has 2 aromatic rings. The first-order valence-electron chi connectivity index (χ1n) is 7.47. The Morgan fingerprint density at radius 1 is 1.33 bits per heavy atom. The highest BCUT2D eigenvalue weighted by molar-refractivity contribution is 5.94. The summed E-state index contributed by atoms with van der Waals surface area (Å²) in [5.41, 5.74) is 4.30. The van der Waals surface area contributed by atoms with Crippen molar-refractivity contribution < 1.29 is 9.32 Å². The summed E-state index contributed by atoms with van der Waals surface area (Å²) in [7, 11) is 0. The summed E-state index contributed by atoms with van der Waals surface area (Å²) >= 11 is 0. The molecule has 0 unspecified atom stereocenters. The lowest BCUT2D eigenvalue weighted by molar-refractivity contribution is -0.118. The molecule has 0 radical (unpaired) electrons. The lowest BCUT2D eigenvalue weighted by Gasteiger charge is -2.29. The molecular weight excluding hydrogens is 264 g/mol. The molecule has 110 valence electrons. The third kappa shape index (κ3) is 2.71. The lowest BCUT2D eigenvalue weighted by Crippen LogP contribution is -2.35. The molecule has 0 saturated heterocycles. The van der Waals surface area contributed by atoms with Gasteiger partial charge in [0.05, 0.1) is 5.69 Å². The normalized spacial score (nSPS) is 14.1. The van der Waals surface area contributed by atoms with Crippen LogP contribution < -0.4 is 4.90 Å². The fraction of sp³-hybridized carbons (Fsp3) is 0.412. The monoisotopic (exact) mass is 284 g/mol. The molecule has 4 nitrogen and oxygen atoms in total. The largest absolute Gasteiger partial charge is 0.361 e. The van der Waals surface area contributed by atoms with Gasteiger partial charge in [-0.2, -0.15) is 0 Å². The van der Waals surface area contributed by atoms with Gasteiger partial charge in [-0.25, -0.2) is 0 Å². The Morgan fingerprint density at radius 3 is 2.90 bits per heavy atom. The van der Waals surface area contributed by atoms with E-state index in [2.05, 4.69) is 11.2 Å². The Morgan fingerprint density at radius 2 is 2.14 bits per heavy atom. The number of fused-ring (bicyclic) bond motifs is 1. The molecule has 1 aliphatic heterocycles. The van der Waals surface area contributed by atoms with Crippen molar-refractivity contribution in [3.05, 3.63) is 46.8 Å². The second-order valence-electron chi connectivity index (χ2n) is 5.58. The second-order valence-corrected chi connectivity index (χ2v) is 5.58. The van der Waals surface area contributed by atoms with Crippen molar-refractivity contribution in [1.82, 2.24) is 5.16 Å². The van der Waals surface area contributed by atoms with Crippen LogP contribution in [-0.4, -0.2) is 17.6 Å². The highest BCUT2D eigenvalue weighted by atomic mass is 16.5. The van der Waals surface area contributed by atoms with E-state index in [1.807, 2.05) is 36.9 Å². The third-order valence-electron chi connectivity index (χ3n) is 4.18. The van der Waals surface area contributed by atoms with Crippen LogP contribution in [0.5, 0.6) is 0 Å². The number of hydrogen-bond donors (Lipinski definition) is 0. The number of aromatic nitrogens is 1. The van der Waals surface area contributed by atoms with Crippen LogP contribution in [0.2, 0.25) is 0 Å². The molecule has 0 atom stereocenters. The molecule has 1 aliphatic rings. The van der Waals surface area contributed by atoms with E-state index in [9.17, 15) is 4.79 Å². The summed E-state index contributed by atoms with van der Waals surface area (Å²) in [4.78, 5) is 14.5. The Labute approximate surface area is 124 Å². The van der Waals surface area contributed by atoms with Crippen molar-refractivity contribution in [1.29, 1.82) is 0 Å². The minimum atomic E-state index is 0.183. The van der Waals surface area contributed by atoms with Crippen LogP contribution in [0.4, 0.5) is 5.69 Å². The SMILES string of the molecule is Cc1noc(C)c1CCC(=O)N1CCCc2ccccc21.